The summed E-state index contributed by atoms with van der Waals surface area (Å²) in [6.45, 7) is 2.24. The van der Waals surface area contributed by atoms with Gasteiger partial charge in [-0.25, -0.2) is 4.98 Å². The van der Waals surface area contributed by atoms with Crippen molar-refractivity contribution in [1.82, 2.24) is 9.55 Å². The van der Waals surface area contributed by atoms with Crippen LogP contribution in [0.4, 0.5) is 5.69 Å². The number of aliphatic carboxylic acids is 1. The number of hydrogen-bond acceptors (Lipinski definition) is 4. The van der Waals surface area contributed by atoms with Crippen molar-refractivity contribution >= 4 is 22.7 Å². The Morgan fingerprint density at radius 3 is 2.56 bits per heavy atom. The number of fused-ring (bicyclic) bond motifs is 3. The monoisotopic (exact) mass is 439 g/mol. The molecule has 2 aliphatic carbocycles. The summed E-state index contributed by atoms with van der Waals surface area (Å²) in [6, 6.07) is 5.35. The maximum absolute atomic E-state index is 11.5. The molecular weight excluding hydrogens is 402 g/mol. The predicted molar refractivity (Wildman–Crippen MR) is 126 cm³/mol. The molecule has 2 heterocycles. The first-order valence-electron chi connectivity index (χ1n) is 12.6. The van der Waals surface area contributed by atoms with Crippen molar-refractivity contribution in [2.45, 2.75) is 95.7 Å². The fraction of sp³-hybridized carbons (Fsp3) is 0.692. The number of imidazole rings is 1. The number of carbonyl (C=O) groups is 1. The topological polar surface area (TPSA) is 76.4 Å². The maximum atomic E-state index is 11.5. The quantitative estimate of drug-likeness (QED) is 0.657. The van der Waals surface area contributed by atoms with E-state index in [9.17, 15) is 9.90 Å². The highest BCUT2D eigenvalue weighted by Gasteiger charge is 2.31. The molecular formula is C26H37N3O3. The van der Waals surface area contributed by atoms with E-state index in [1.165, 1.54) is 41.0 Å². The lowest BCUT2D eigenvalue weighted by Crippen LogP contribution is -2.26. The first kappa shape index (κ1) is 21.7. The summed E-state index contributed by atoms with van der Waals surface area (Å²) in [7, 11) is 1.83. The van der Waals surface area contributed by atoms with Crippen molar-refractivity contribution < 1.29 is 14.6 Å². The van der Waals surface area contributed by atoms with Crippen LogP contribution in [0.5, 0.6) is 0 Å². The van der Waals surface area contributed by atoms with Gasteiger partial charge >= 0.3 is 5.97 Å². The number of ether oxygens (including phenoxy) is 1. The van der Waals surface area contributed by atoms with E-state index in [2.05, 4.69) is 28.9 Å². The zero-order valence-electron chi connectivity index (χ0n) is 19.5. The first-order chi connectivity index (χ1) is 15.5. The van der Waals surface area contributed by atoms with Gasteiger partial charge in [-0.2, -0.15) is 0 Å². The Morgan fingerprint density at radius 1 is 1.12 bits per heavy atom. The van der Waals surface area contributed by atoms with Crippen LogP contribution < -0.4 is 5.32 Å². The fourth-order valence-electron chi connectivity index (χ4n) is 6.31. The molecule has 0 unspecified atom stereocenters. The second-order valence-electron chi connectivity index (χ2n) is 10.4. The van der Waals surface area contributed by atoms with E-state index in [0.29, 0.717) is 24.1 Å². The van der Waals surface area contributed by atoms with Crippen LogP contribution in [0.25, 0.3) is 11.0 Å². The van der Waals surface area contributed by atoms with Gasteiger partial charge in [-0.05, 0) is 89.2 Å². The van der Waals surface area contributed by atoms with E-state index in [-0.39, 0.29) is 5.92 Å². The average Bonchev–Trinajstić information content (AvgIpc) is 3.17. The Morgan fingerprint density at radius 2 is 1.88 bits per heavy atom. The number of nitrogens with one attached hydrogen (secondary N) is 1. The normalized spacial score (nSPS) is 30.6. The van der Waals surface area contributed by atoms with Gasteiger partial charge in [0.1, 0.15) is 5.82 Å². The van der Waals surface area contributed by atoms with Gasteiger partial charge < -0.3 is 19.7 Å². The van der Waals surface area contributed by atoms with Crippen molar-refractivity contribution in [2.75, 3.05) is 12.4 Å². The standard InChI is InChI=1S/C26H37N3O3/c1-16-3-12-21-22(27-16)13-14-23-25(21)28-24(15-17-4-10-20(32-2)11-5-17)29(23)19-8-6-18(7-9-19)26(30)31/h13-14,16-20,27H,3-12,15H2,1-2H3,(H,30,31)/t16-,17?,18?,19?,20?/m0/s1. The van der Waals surface area contributed by atoms with E-state index >= 15 is 0 Å². The minimum atomic E-state index is -0.636. The molecule has 2 saturated carbocycles. The van der Waals surface area contributed by atoms with Crippen LogP contribution in [0.15, 0.2) is 12.1 Å². The van der Waals surface area contributed by atoms with Gasteiger partial charge in [-0.1, -0.05) is 0 Å². The van der Waals surface area contributed by atoms with Gasteiger partial charge in [0.25, 0.3) is 0 Å². The van der Waals surface area contributed by atoms with Gasteiger partial charge in [0.2, 0.25) is 0 Å². The van der Waals surface area contributed by atoms with Crippen molar-refractivity contribution in [3.8, 4) is 0 Å². The SMILES string of the molecule is COC1CCC(Cc2nc3c4c(ccc3n2C2CCC(C(=O)O)CC2)N[C@@H](C)CC4)CC1. The smallest absolute Gasteiger partial charge is 0.306 e. The van der Waals surface area contributed by atoms with Crippen LogP contribution >= 0.6 is 0 Å². The third-order valence-corrected chi connectivity index (χ3v) is 8.28. The minimum absolute atomic E-state index is 0.188. The lowest BCUT2D eigenvalue weighted by molar-refractivity contribution is -0.143. The van der Waals surface area contributed by atoms with E-state index in [1.54, 1.807) is 0 Å². The van der Waals surface area contributed by atoms with Crippen LogP contribution in [0.2, 0.25) is 0 Å². The third-order valence-electron chi connectivity index (χ3n) is 8.28. The second kappa shape index (κ2) is 9.05. The summed E-state index contributed by atoms with van der Waals surface area (Å²) < 4.78 is 8.09. The Hall–Kier alpha value is -2.08. The molecule has 1 aliphatic heterocycles. The molecule has 174 valence electrons. The van der Waals surface area contributed by atoms with Gasteiger partial charge in [-0.3, -0.25) is 4.79 Å². The largest absolute Gasteiger partial charge is 0.481 e. The molecule has 0 spiro atoms. The third kappa shape index (κ3) is 4.14. The Bertz CT molecular complexity index is 968. The number of aryl methyl sites for hydroxylation is 1. The second-order valence-corrected chi connectivity index (χ2v) is 10.4. The van der Waals surface area contributed by atoms with Crippen LogP contribution in [0.1, 0.15) is 82.1 Å². The molecule has 0 radical (unpaired) electrons. The zero-order chi connectivity index (χ0) is 22.2. The van der Waals surface area contributed by atoms with Crippen LogP contribution in [0, 0.1) is 11.8 Å². The molecule has 2 fully saturated rings. The molecule has 2 aromatic rings. The highest BCUT2D eigenvalue weighted by atomic mass is 16.5. The summed E-state index contributed by atoms with van der Waals surface area (Å²) in [4.78, 5) is 16.8. The van der Waals surface area contributed by atoms with Gasteiger partial charge in [0, 0.05) is 36.9 Å². The molecule has 6 nitrogen and oxygen atoms in total. The molecule has 5 rings (SSSR count). The number of benzene rings is 1. The predicted octanol–water partition coefficient (Wildman–Crippen LogP) is 5.35. The number of carboxylic acid groups (broad SMARTS) is 1. The number of hydrogen-bond donors (Lipinski definition) is 2. The van der Waals surface area contributed by atoms with Crippen molar-refractivity contribution in [3.05, 3.63) is 23.5 Å². The van der Waals surface area contributed by atoms with Crippen molar-refractivity contribution in [1.29, 1.82) is 0 Å². The molecule has 1 aromatic heterocycles. The van der Waals surface area contributed by atoms with E-state index in [4.69, 9.17) is 9.72 Å². The van der Waals surface area contributed by atoms with Gasteiger partial charge in [-0.15, -0.1) is 0 Å². The van der Waals surface area contributed by atoms with Crippen LogP contribution in [0.3, 0.4) is 0 Å². The average molecular weight is 440 g/mol. The molecule has 0 amide bonds. The number of nitrogens with zero attached hydrogens (tertiary/aromatic N) is 2. The van der Waals surface area contributed by atoms with E-state index < -0.39 is 5.97 Å². The molecule has 2 N–H and O–H groups in total. The highest BCUT2D eigenvalue weighted by Crippen LogP contribution is 2.40. The fourth-order valence-corrected chi connectivity index (χ4v) is 6.31. The molecule has 6 heteroatoms. The lowest BCUT2D eigenvalue weighted by Gasteiger charge is -2.31. The molecule has 0 bridgehead atoms. The first-order valence-corrected chi connectivity index (χ1v) is 12.6. The molecule has 1 aromatic carbocycles. The number of methoxy groups -OCH3 is 1. The van der Waals surface area contributed by atoms with Crippen LogP contribution in [-0.4, -0.2) is 39.9 Å². The van der Waals surface area contributed by atoms with Crippen molar-refractivity contribution in [2.24, 2.45) is 11.8 Å². The van der Waals surface area contributed by atoms with Crippen molar-refractivity contribution in [3.63, 3.8) is 0 Å². The zero-order valence-corrected chi connectivity index (χ0v) is 19.5. The Balaban J connectivity index is 1.48. The maximum Gasteiger partial charge on any atom is 0.306 e. The number of aromatic nitrogens is 2. The number of rotatable bonds is 5. The summed E-state index contributed by atoms with van der Waals surface area (Å²) in [5, 5.41) is 13.1. The van der Waals surface area contributed by atoms with E-state index in [1.807, 2.05) is 7.11 Å². The number of carboxylic acids is 1. The van der Waals surface area contributed by atoms with Crippen LogP contribution in [-0.2, 0) is 22.4 Å². The summed E-state index contributed by atoms with van der Waals surface area (Å²) in [5.74, 6) is 1.04. The minimum Gasteiger partial charge on any atom is -0.481 e. The highest BCUT2D eigenvalue weighted by molar-refractivity contribution is 5.86. The van der Waals surface area contributed by atoms with E-state index in [0.717, 1.165) is 57.8 Å². The molecule has 1 atom stereocenters. The summed E-state index contributed by atoms with van der Waals surface area (Å²) in [5.41, 5.74) is 5.02. The number of anilines is 1. The Labute approximate surface area is 190 Å². The summed E-state index contributed by atoms with van der Waals surface area (Å²) in [6.07, 6.45) is 11.7. The van der Waals surface area contributed by atoms with Gasteiger partial charge in [0.05, 0.1) is 23.1 Å². The Kier molecular flexibility index (Phi) is 6.15. The molecule has 32 heavy (non-hydrogen) atoms. The summed E-state index contributed by atoms with van der Waals surface area (Å²) >= 11 is 0. The lowest BCUT2D eigenvalue weighted by atomic mass is 9.84. The molecule has 0 saturated heterocycles. The van der Waals surface area contributed by atoms with Gasteiger partial charge in [0.15, 0.2) is 0 Å². The molecule has 3 aliphatic rings.